The number of carbonyl (C=O) groups is 2. The Balaban J connectivity index is 2.00. The summed E-state index contributed by atoms with van der Waals surface area (Å²) in [6.45, 7) is 4.16. The Morgan fingerprint density at radius 1 is 1.11 bits per heavy atom. The highest BCUT2D eigenvalue weighted by Crippen LogP contribution is 2.28. The average Bonchev–Trinajstić information content (AvgIpc) is 2.70. The summed E-state index contributed by atoms with van der Waals surface area (Å²) < 4.78 is 11.0. The van der Waals surface area contributed by atoms with Crippen LogP contribution < -0.4 is 19.7 Å². The fourth-order valence-electron chi connectivity index (χ4n) is 2.43. The number of amides is 2. The fourth-order valence-corrected chi connectivity index (χ4v) is 2.43. The van der Waals surface area contributed by atoms with E-state index in [2.05, 4.69) is 5.32 Å². The monoisotopic (exact) mass is 382 g/mol. The first-order valence-corrected chi connectivity index (χ1v) is 9.09. The van der Waals surface area contributed by atoms with E-state index >= 15 is 0 Å². The zero-order chi connectivity index (χ0) is 20.5. The molecule has 0 unspecified atom stereocenters. The highest BCUT2D eigenvalue weighted by molar-refractivity contribution is 6.02. The molecule has 0 heterocycles. The first kappa shape index (κ1) is 21.0. The van der Waals surface area contributed by atoms with Crippen LogP contribution >= 0.6 is 0 Å². The van der Waals surface area contributed by atoms with Crippen LogP contribution in [0.5, 0.6) is 11.5 Å². The molecular weight excluding hydrogens is 356 g/mol. The molecule has 2 rings (SSSR count). The van der Waals surface area contributed by atoms with E-state index in [0.717, 1.165) is 17.7 Å². The molecule has 1 N–H and O–H groups in total. The third-order valence-electron chi connectivity index (χ3n) is 4.07. The standard InChI is InChI=1S/C22H26N2O4/c1-5-14-28-20-12-6-17(15-21(20)27-4)7-13-22(26)23-18-8-10-19(11-9-18)24(3)16(2)25/h6-13,15H,5,14H2,1-4H3,(H,23,26)/b13-7+. The summed E-state index contributed by atoms with van der Waals surface area (Å²) in [6, 6.07) is 12.6. The molecule has 0 bridgehead atoms. The maximum Gasteiger partial charge on any atom is 0.248 e. The summed E-state index contributed by atoms with van der Waals surface area (Å²) in [6.07, 6.45) is 4.08. The number of anilines is 2. The van der Waals surface area contributed by atoms with Gasteiger partial charge in [-0.2, -0.15) is 0 Å². The predicted molar refractivity (Wildman–Crippen MR) is 112 cm³/mol. The molecule has 148 valence electrons. The van der Waals surface area contributed by atoms with Crippen LogP contribution in [-0.2, 0) is 9.59 Å². The molecular formula is C22H26N2O4. The van der Waals surface area contributed by atoms with E-state index in [1.807, 2.05) is 25.1 Å². The average molecular weight is 382 g/mol. The van der Waals surface area contributed by atoms with Gasteiger partial charge in [-0.05, 0) is 54.5 Å². The fraction of sp³-hybridized carbons (Fsp3) is 0.273. The van der Waals surface area contributed by atoms with Crippen molar-refractivity contribution in [2.24, 2.45) is 0 Å². The van der Waals surface area contributed by atoms with Crippen LogP contribution in [-0.4, -0.2) is 32.6 Å². The van der Waals surface area contributed by atoms with Crippen LogP contribution in [0, 0.1) is 0 Å². The Morgan fingerprint density at radius 2 is 1.82 bits per heavy atom. The number of nitrogens with zero attached hydrogens (tertiary/aromatic N) is 1. The van der Waals surface area contributed by atoms with E-state index in [0.29, 0.717) is 23.8 Å². The Kier molecular flexibility index (Phi) is 7.63. The molecule has 2 amide bonds. The summed E-state index contributed by atoms with van der Waals surface area (Å²) >= 11 is 0. The molecule has 0 radical (unpaired) electrons. The van der Waals surface area contributed by atoms with Crippen LogP contribution in [0.1, 0.15) is 25.8 Å². The van der Waals surface area contributed by atoms with E-state index in [1.165, 1.54) is 17.9 Å². The summed E-state index contributed by atoms with van der Waals surface area (Å²) in [5.74, 6) is 1.00. The lowest BCUT2D eigenvalue weighted by molar-refractivity contribution is -0.116. The molecule has 0 saturated carbocycles. The van der Waals surface area contributed by atoms with Gasteiger partial charge in [0.15, 0.2) is 11.5 Å². The lowest BCUT2D eigenvalue weighted by Gasteiger charge is -2.15. The molecule has 0 spiro atoms. The Bertz CT molecular complexity index is 844. The minimum absolute atomic E-state index is 0.0544. The minimum atomic E-state index is -0.252. The van der Waals surface area contributed by atoms with Gasteiger partial charge in [-0.25, -0.2) is 0 Å². The van der Waals surface area contributed by atoms with Crippen molar-refractivity contribution in [3.8, 4) is 11.5 Å². The van der Waals surface area contributed by atoms with Crippen LogP contribution in [0.15, 0.2) is 48.5 Å². The van der Waals surface area contributed by atoms with Gasteiger partial charge in [0.1, 0.15) is 0 Å². The van der Waals surface area contributed by atoms with Crippen molar-refractivity contribution in [2.75, 3.05) is 31.0 Å². The topological polar surface area (TPSA) is 67.9 Å². The highest BCUT2D eigenvalue weighted by Gasteiger charge is 2.06. The van der Waals surface area contributed by atoms with E-state index in [9.17, 15) is 9.59 Å². The maximum atomic E-state index is 12.2. The third-order valence-corrected chi connectivity index (χ3v) is 4.07. The highest BCUT2D eigenvalue weighted by atomic mass is 16.5. The second-order valence-corrected chi connectivity index (χ2v) is 6.21. The molecule has 2 aromatic rings. The first-order chi connectivity index (χ1) is 13.4. The van der Waals surface area contributed by atoms with E-state index in [4.69, 9.17) is 9.47 Å². The number of carbonyl (C=O) groups excluding carboxylic acids is 2. The zero-order valence-electron chi connectivity index (χ0n) is 16.7. The van der Waals surface area contributed by atoms with E-state index < -0.39 is 0 Å². The maximum absolute atomic E-state index is 12.2. The summed E-state index contributed by atoms with van der Waals surface area (Å²) in [5, 5.41) is 2.79. The number of ether oxygens (including phenoxy) is 2. The lowest BCUT2D eigenvalue weighted by atomic mass is 10.2. The van der Waals surface area contributed by atoms with Gasteiger partial charge in [-0.15, -0.1) is 0 Å². The van der Waals surface area contributed by atoms with Gasteiger partial charge in [-0.1, -0.05) is 13.0 Å². The van der Waals surface area contributed by atoms with Crippen molar-refractivity contribution in [3.05, 3.63) is 54.1 Å². The van der Waals surface area contributed by atoms with E-state index in [1.54, 1.807) is 44.5 Å². The van der Waals surface area contributed by atoms with Crippen molar-refractivity contribution >= 4 is 29.3 Å². The number of rotatable bonds is 8. The quantitative estimate of drug-likeness (QED) is 0.698. The first-order valence-electron chi connectivity index (χ1n) is 9.09. The molecule has 0 atom stereocenters. The second kappa shape index (κ2) is 10.2. The number of hydrogen-bond donors (Lipinski definition) is 1. The molecule has 0 aromatic heterocycles. The second-order valence-electron chi connectivity index (χ2n) is 6.21. The number of nitrogens with one attached hydrogen (secondary N) is 1. The van der Waals surface area contributed by atoms with Gasteiger partial charge >= 0.3 is 0 Å². The summed E-state index contributed by atoms with van der Waals surface area (Å²) in [4.78, 5) is 25.1. The van der Waals surface area contributed by atoms with Crippen LogP contribution in [0.3, 0.4) is 0 Å². The van der Waals surface area contributed by atoms with Crippen molar-refractivity contribution in [2.45, 2.75) is 20.3 Å². The largest absolute Gasteiger partial charge is 0.493 e. The molecule has 0 aliphatic carbocycles. The van der Waals surface area contributed by atoms with Crippen molar-refractivity contribution < 1.29 is 19.1 Å². The smallest absolute Gasteiger partial charge is 0.248 e. The van der Waals surface area contributed by atoms with Gasteiger partial charge < -0.3 is 19.7 Å². The van der Waals surface area contributed by atoms with Crippen molar-refractivity contribution in [3.63, 3.8) is 0 Å². The van der Waals surface area contributed by atoms with Crippen molar-refractivity contribution in [1.29, 1.82) is 0 Å². The normalized spacial score (nSPS) is 10.6. The molecule has 0 fully saturated rings. The van der Waals surface area contributed by atoms with Crippen LogP contribution in [0.2, 0.25) is 0 Å². The molecule has 0 aliphatic heterocycles. The summed E-state index contributed by atoms with van der Waals surface area (Å²) in [5.41, 5.74) is 2.24. The molecule has 0 saturated heterocycles. The Hall–Kier alpha value is -3.28. The summed E-state index contributed by atoms with van der Waals surface area (Å²) in [7, 11) is 3.28. The molecule has 6 nitrogen and oxygen atoms in total. The molecule has 0 aliphatic rings. The van der Waals surface area contributed by atoms with Gasteiger partial charge in [0, 0.05) is 31.4 Å². The van der Waals surface area contributed by atoms with Crippen molar-refractivity contribution in [1.82, 2.24) is 0 Å². The van der Waals surface area contributed by atoms with Crippen LogP contribution in [0.4, 0.5) is 11.4 Å². The number of hydrogen-bond acceptors (Lipinski definition) is 4. The van der Waals surface area contributed by atoms with E-state index in [-0.39, 0.29) is 11.8 Å². The van der Waals surface area contributed by atoms with Gasteiger partial charge in [0.05, 0.1) is 13.7 Å². The number of methoxy groups -OCH3 is 1. The van der Waals surface area contributed by atoms with Crippen LogP contribution in [0.25, 0.3) is 6.08 Å². The Morgan fingerprint density at radius 3 is 2.43 bits per heavy atom. The molecule has 2 aromatic carbocycles. The zero-order valence-corrected chi connectivity index (χ0v) is 16.7. The number of benzene rings is 2. The molecule has 28 heavy (non-hydrogen) atoms. The SMILES string of the molecule is CCCOc1ccc(/C=C/C(=O)Nc2ccc(N(C)C(C)=O)cc2)cc1OC. The van der Waals surface area contributed by atoms with Gasteiger partial charge in [-0.3, -0.25) is 9.59 Å². The van der Waals surface area contributed by atoms with Gasteiger partial charge in [0.25, 0.3) is 0 Å². The lowest BCUT2D eigenvalue weighted by Crippen LogP contribution is -2.22. The molecule has 6 heteroatoms. The third kappa shape index (κ3) is 5.87. The predicted octanol–water partition coefficient (Wildman–Crippen LogP) is 4.12. The van der Waals surface area contributed by atoms with Gasteiger partial charge in [0.2, 0.25) is 11.8 Å². The minimum Gasteiger partial charge on any atom is -0.493 e. The Labute approximate surface area is 165 Å².